The van der Waals surface area contributed by atoms with Crippen LogP contribution in [0, 0.1) is 0 Å². The summed E-state index contributed by atoms with van der Waals surface area (Å²) in [6.07, 6.45) is 54.9. The minimum absolute atomic E-state index is 0.0135. The molecule has 0 aromatic carbocycles. The van der Waals surface area contributed by atoms with Gasteiger partial charge < -0.3 is 45.1 Å². The number of carbonyl (C=O) groups is 2. The Morgan fingerprint density at radius 2 is 0.958 bits per heavy atom. The van der Waals surface area contributed by atoms with E-state index in [-0.39, 0.29) is 18.5 Å². The van der Waals surface area contributed by atoms with Crippen molar-refractivity contribution in [1.82, 2.24) is 5.32 Å². The van der Waals surface area contributed by atoms with Gasteiger partial charge in [0.05, 0.1) is 32.0 Å². The first kappa shape index (κ1) is 67.4. The normalized spacial score (nSPS) is 19.5. The zero-order valence-corrected chi connectivity index (χ0v) is 45.9. The van der Waals surface area contributed by atoms with Crippen LogP contribution in [-0.2, 0) is 23.8 Å². The van der Waals surface area contributed by atoms with E-state index < -0.39 is 49.5 Å². The molecule has 1 aliphatic rings. The minimum Gasteiger partial charge on any atom is -0.466 e. The van der Waals surface area contributed by atoms with Crippen molar-refractivity contribution in [2.24, 2.45) is 0 Å². The maximum atomic E-state index is 13.0. The molecule has 1 rings (SSSR count). The lowest BCUT2D eigenvalue weighted by Crippen LogP contribution is -2.60. The Balaban J connectivity index is 2.02. The molecule has 1 aliphatic heterocycles. The Hall–Kier alpha value is -2.64. The van der Waals surface area contributed by atoms with Gasteiger partial charge in [-0.3, -0.25) is 9.59 Å². The first-order chi connectivity index (χ1) is 35.2. The van der Waals surface area contributed by atoms with Crippen LogP contribution in [0.15, 0.2) is 60.8 Å². The van der Waals surface area contributed by atoms with Crippen molar-refractivity contribution in [3.8, 4) is 0 Å². The summed E-state index contributed by atoms with van der Waals surface area (Å²) in [4.78, 5) is 25.0. The molecule has 0 bridgehead atoms. The van der Waals surface area contributed by atoms with E-state index in [1.807, 2.05) is 19.1 Å². The minimum atomic E-state index is -1.58. The number of nitrogens with one attached hydrogen (secondary N) is 1. The van der Waals surface area contributed by atoms with Crippen LogP contribution in [0.25, 0.3) is 0 Å². The van der Waals surface area contributed by atoms with Gasteiger partial charge in [-0.05, 0) is 103 Å². The SMILES string of the molecule is C/C=C/CC/C=C/CC/C=C/C(O)C(COC1OC(CO)C(O)C(O)C1O)NC(=O)CCCCCCCCC/C=C\CCCCCCCCCCCCCOC(=O)CCCCCCC/C=C\CCCCCC. The van der Waals surface area contributed by atoms with Gasteiger partial charge in [0.2, 0.25) is 5.91 Å². The number of allylic oxidation sites excluding steroid dienone is 9. The summed E-state index contributed by atoms with van der Waals surface area (Å²) in [6, 6.07) is -0.839. The van der Waals surface area contributed by atoms with Gasteiger partial charge in [0.15, 0.2) is 6.29 Å². The van der Waals surface area contributed by atoms with Crippen molar-refractivity contribution in [3.05, 3.63) is 60.8 Å². The van der Waals surface area contributed by atoms with Crippen molar-refractivity contribution >= 4 is 11.9 Å². The zero-order chi connectivity index (χ0) is 52.4. The summed E-state index contributed by atoms with van der Waals surface area (Å²) < 4.78 is 16.6. The number of hydrogen-bond donors (Lipinski definition) is 6. The van der Waals surface area contributed by atoms with Gasteiger partial charge in [0.25, 0.3) is 0 Å². The van der Waals surface area contributed by atoms with Crippen molar-refractivity contribution in [2.45, 2.75) is 294 Å². The van der Waals surface area contributed by atoms with E-state index in [4.69, 9.17) is 14.2 Å². The van der Waals surface area contributed by atoms with Crippen molar-refractivity contribution in [1.29, 1.82) is 0 Å². The van der Waals surface area contributed by atoms with Gasteiger partial charge in [-0.2, -0.15) is 0 Å². The van der Waals surface area contributed by atoms with Crippen molar-refractivity contribution < 1.29 is 49.3 Å². The fourth-order valence-corrected chi connectivity index (χ4v) is 8.93. The first-order valence-electron chi connectivity index (χ1n) is 29.5. The maximum Gasteiger partial charge on any atom is 0.305 e. The molecule has 1 heterocycles. The third-order valence-electron chi connectivity index (χ3n) is 13.6. The number of unbranched alkanes of at least 4 members (excludes halogenated alkanes) is 29. The maximum absolute atomic E-state index is 13.0. The van der Waals surface area contributed by atoms with Gasteiger partial charge in [-0.25, -0.2) is 0 Å². The molecule has 0 aromatic heterocycles. The zero-order valence-electron chi connectivity index (χ0n) is 45.9. The number of rotatable bonds is 50. The molecule has 11 heteroatoms. The molecule has 0 spiro atoms. The molecule has 11 nitrogen and oxygen atoms in total. The second-order valence-corrected chi connectivity index (χ2v) is 20.3. The van der Waals surface area contributed by atoms with E-state index in [9.17, 15) is 35.1 Å². The number of hydrogen-bond acceptors (Lipinski definition) is 10. The molecule has 72 heavy (non-hydrogen) atoms. The van der Waals surface area contributed by atoms with Crippen LogP contribution in [0.4, 0.5) is 0 Å². The molecule has 7 atom stereocenters. The van der Waals surface area contributed by atoms with Crippen LogP contribution in [0.5, 0.6) is 0 Å². The van der Waals surface area contributed by atoms with E-state index in [2.05, 4.69) is 54.8 Å². The Bertz CT molecular complexity index is 1380. The highest BCUT2D eigenvalue weighted by Gasteiger charge is 2.44. The van der Waals surface area contributed by atoms with Gasteiger partial charge in [-0.15, -0.1) is 0 Å². The van der Waals surface area contributed by atoms with E-state index in [1.54, 1.807) is 6.08 Å². The highest BCUT2D eigenvalue weighted by molar-refractivity contribution is 5.76. The van der Waals surface area contributed by atoms with Crippen LogP contribution >= 0.6 is 0 Å². The lowest BCUT2D eigenvalue weighted by molar-refractivity contribution is -0.302. The van der Waals surface area contributed by atoms with Gasteiger partial charge in [0.1, 0.15) is 24.4 Å². The average Bonchev–Trinajstić information content (AvgIpc) is 3.38. The lowest BCUT2D eigenvalue weighted by Gasteiger charge is -2.40. The van der Waals surface area contributed by atoms with Gasteiger partial charge >= 0.3 is 5.97 Å². The van der Waals surface area contributed by atoms with E-state index in [0.717, 1.165) is 77.0 Å². The standard InChI is InChI=1S/C61H109NO10/c1-3-5-7-9-11-13-14-25-29-33-37-41-45-49-57(66)70-50-46-42-38-34-30-27-24-22-20-18-16-15-17-19-21-23-26-28-32-36-40-44-48-56(65)62-53(54(64)47-43-39-35-31-12-10-8-6-4-2)52-71-61-60(69)59(68)58(67)55(51-63)72-61/h4,6,12-14,17,19,31,43,47,53-55,58-61,63-64,67-69H,3,5,7-11,15-16,18,20-30,32-42,44-46,48-52H2,1-2H3,(H,62,65)/b6-4+,14-13-,19-17-,31-12+,47-43+. The van der Waals surface area contributed by atoms with Crippen LogP contribution in [0.2, 0.25) is 0 Å². The molecule has 1 saturated heterocycles. The van der Waals surface area contributed by atoms with Crippen LogP contribution in [0.1, 0.15) is 251 Å². The number of amides is 1. The number of ether oxygens (including phenoxy) is 3. The summed E-state index contributed by atoms with van der Waals surface area (Å²) in [5.41, 5.74) is 0. The highest BCUT2D eigenvalue weighted by Crippen LogP contribution is 2.23. The summed E-state index contributed by atoms with van der Waals surface area (Å²) >= 11 is 0. The molecule has 7 unspecified atom stereocenters. The smallest absolute Gasteiger partial charge is 0.305 e. The van der Waals surface area contributed by atoms with Crippen molar-refractivity contribution in [3.63, 3.8) is 0 Å². The molecule has 0 aliphatic carbocycles. The number of aliphatic hydroxyl groups excluding tert-OH is 5. The first-order valence-corrected chi connectivity index (χ1v) is 29.5. The Morgan fingerprint density at radius 1 is 0.528 bits per heavy atom. The summed E-state index contributed by atoms with van der Waals surface area (Å²) in [7, 11) is 0. The Labute approximate surface area is 439 Å². The van der Waals surface area contributed by atoms with E-state index >= 15 is 0 Å². The van der Waals surface area contributed by atoms with Crippen LogP contribution < -0.4 is 5.32 Å². The van der Waals surface area contributed by atoms with Gasteiger partial charge in [0, 0.05) is 12.8 Å². The number of aliphatic hydroxyl groups is 5. The fourth-order valence-electron chi connectivity index (χ4n) is 8.93. The van der Waals surface area contributed by atoms with Crippen molar-refractivity contribution in [2.75, 3.05) is 19.8 Å². The molecule has 1 amide bonds. The molecule has 6 N–H and O–H groups in total. The number of carbonyl (C=O) groups excluding carboxylic acids is 2. The Kier molecular flexibility index (Phi) is 47.3. The highest BCUT2D eigenvalue weighted by atomic mass is 16.7. The summed E-state index contributed by atoms with van der Waals surface area (Å²) in [5, 5.41) is 54.1. The molecule has 1 fully saturated rings. The third-order valence-corrected chi connectivity index (χ3v) is 13.6. The predicted molar refractivity (Wildman–Crippen MR) is 296 cm³/mol. The van der Waals surface area contributed by atoms with Crippen LogP contribution in [-0.4, -0.2) is 100 Å². The average molecular weight is 1020 g/mol. The lowest BCUT2D eigenvalue weighted by atomic mass is 9.99. The monoisotopic (exact) mass is 1020 g/mol. The molecular weight excluding hydrogens is 907 g/mol. The molecule has 0 aromatic rings. The number of esters is 1. The topological polar surface area (TPSA) is 175 Å². The largest absolute Gasteiger partial charge is 0.466 e. The van der Waals surface area contributed by atoms with Crippen LogP contribution in [0.3, 0.4) is 0 Å². The summed E-state index contributed by atoms with van der Waals surface area (Å²) in [6.45, 7) is 4.05. The fraction of sp³-hybridized carbons (Fsp3) is 0.803. The van der Waals surface area contributed by atoms with E-state index in [0.29, 0.717) is 25.9 Å². The predicted octanol–water partition coefficient (Wildman–Crippen LogP) is 13.4. The molecule has 0 saturated carbocycles. The van der Waals surface area contributed by atoms with E-state index in [1.165, 1.54) is 141 Å². The molecule has 418 valence electrons. The molecule has 0 radical (unpaired) electrons. The van der Waals surface area contributed by atoms with Gasteiger partial charge in [-0.1, -0.05) is 196 Å². The second-order valence-electron chi connectivity index (χ2n) is 20.3. The molecular formula is C61H109NO10. The quantitative estimate of drug-likeness (QED) is 0.0195. The summed E-state index contributed by atoms with van der Waals surface area (Å²) in [5.74, 6) is -0.221. The Morgan fingerprint density at radius 3 is 1.46 bits per heavy atom. The third kappa shape index (κ3) is 39.8. The second kappa shape index (κ2) is 50.5.